The highest BCUT2D eigenvalue weighted by atomic mass is 32.1. The van der Waals surface area contributed by atoms with E-state index in [1.165, 1.54) is 16.9 Å². The van der Waals surface area contributed by atoms with Crippen molar-refractivity contribution in [3.05, 3.63) is 47.5 Å². The molecule has 3 aromatic rings. The third kappa shape index (κ3) is 4.32. The van der Waals surface area contributed by atoms with Crippen molar-refractivity contribution in [2.45, 2.75) is 12.8 Å². The zero-order valence-electron chi connectivity index (χ0n) is 13.1. The molecule has 0 aliphatic heterocycles. The fraction of sp³-hybridized carbons (Fsp3) is 0.188. The van der Waals surface area contributed by atoms with Crippen molar-refractivity contribution in [1.82, 2.24) is 15.0 Å². The highest BCUT2D eigenvalue weighted by Gasteiger charge is 2.07. The van der Waals surface area contributed by atoms with Crippen LogP contribution >= 0.6 is 11.3 Å². The number of H-pyrrole nitrogens is 1. The van der Waals surface area contributed by atoms with Crippen LogP contribution in [0, 0.1) is 0 Å². The summed E-state index contributed by atoms with van der Waals surface area (Å²) >= 11 is 1.37. The van der Waals surface area contributed by atoms with Gasteiger partial charge in [-0.1, -0.05) is 30.3 Å². The number of imidazole rings is 1. The normalized spacial score (nSPS) is 10.5. The largest absolute Gasteiger partial charge is 0.370 e. The molecule has 0 saturated carbocycles. The van der Waals surface area contributed by atoms with Crippen molar-refractivity contribution in [3.8, 4) is 11.4 Å². The lowest BCUT2D eigenvalue weighted by Crippen LogP contribution is -2.21. The molecule has 0 aliphatic rings. The first-order chi connectivity index (χ1) is 11.7. The average molecular weight is 341 g/mol. The number of aryl methyl sites for hydroxylation is 1. The van der Waals surface area contributed by atoms with E-state index >= 15 is 0 Å². The Morgan fingerprint density at radius 1 is 1.25 bits per heavy atom. The van der Waals surface area contributed by atoms with Crippen molar-refractivity contribution >= 4 is 28.4 Å². The molecule has 0 radical (unpaired) electrons. The lowest BCUT2D eigenvalue weighted by atomic mass is 10.1. The Bertz CT molecular complexity index is 803. The standard InChI is InChI=1S/C16H19N7S/c17-14(18)23-16-22-13(10-24-16)12-9-20-15(21-12)19-8-4-7-11-5-2-1-3-6-11/h1-3,5-6,9-10H,4,7-8H2,(H2,19,20,21)(H4,17,18,22,23). The molecule has 0 fully saturated rings. The zero-order valence-corrected chi connectivity index (χ0v) is 13.9. The number of thiazole rings is 1. The molecule has 6 N–H and O–H groups in total. The van der Waals surface area contributed by atoms with Gasteiger partial charge in [-0.15, -0.1) is 11.3 Å². The number of aliphatic imine (C=N–C) groups is 1. The van der Waals surface area contributed by atoms with Gasteiger partial charge < -0.3 is 21.8 Å². The maximum atomic E-state index is 5.35. The van der Waals surface area contributed by atoms with Crippen LogP contribution in [0.5, 0.6) is 0 Å². The van der Waals surface area contributed by atoms with Crippen LogP contribution in [0.3, 0.4) is 0 Å². The molecule has 0 spiro atoms. The highest BCUT2D eigenvalue weighted by Crippen LogP contribution is 2.25. The van der Waals surface area contributed by atoms with E-state index in [0.717, 1.165) is 36.7 Å². The molecule has 3 rings (SSSR count). The van der Waals surface area contributed by atoms with Gasteiger partial charge in [0.1, 0.15) is 5.69 Å². The van der Waals surface area contributed by atoms with E-state index in [1.54, 1.807) is 6.20 Å². The molecule has 0 unspecified atom stereocenters. The maximum absolute atomic E-state index is 5.35. The number of hydrogen-bond acceptors (Lipinski definition) is 5. The molecule has 0 bridgehead atoms. The highest BCUT2D eigenvalue weighted by molar-refractivity contribution is 7.13. The van der Waals surface area contributed by atoms with Gasteiger partial charge in [0.25, 0.3) is 0 Å². The molecule has 8 heteroatoms. The SMILES string of the molecule is NC(N)=Nc1nc(-c2cnc(NCCCc3ccccc3)[nH]2)cs1. The lowest BCUT2D eigenvalue weighted by Gasteiger charge is -2.03. The zero-order chi connectivity index (χ0) is 16.8. The van der Waals surface area contributed by atoms with Gasteiger partial charge in [0.2, 0.25) is 11.1 Å². The predicted molar refractivity (Wildman–Crippen MR) is 98.4 cm³/mol. The van der Waals surface area contributed by atoms with E-state index in [1.807, 2.05) is 11.4 Å². The Morgan fingerprint density at radius 3 is 2.88 bits per heavy atom. The van der Waals surface area contributed by atoms with Crippen LogP contribution in [0.2, 0.25) is 0 Å². The van der Waals surface area contributed by atoms with E-state index < -0.39 is 0 Å². The number of aromatic nitrogens is 3. The minimum Gasteiger partial charge on any atom is -0.370 e. The number of guanidine groups is 1. The summed E-state index contributed by atoms with van der Waals surface area (Å²) in [6, 6.07) is 10.4. The fourth-order valence-corrected chi connectivity index (χ4v) is 2.94. The molecule has 2 heterocycles. The third-order valence-corrected chi connectivity index (χ3v) is 4.08. The summed E-state index contributed by atoms with van der Waals surface area (Å²) in [6.45, 7) is 0.845. The van der Waals surface area contributed by atoms with Crippen LogP contribution < -0.4 is 16.8 Å². The van der Waals surface area contributed by atoms with Crippen LogP contribution in [0.25, 0.3) is 11.4 Å². The lowest BCUT2D eigenvalue weighted by molar-refractivity contribution is 0.856. The van der Waals surface area contributed by atoms with Gasteiger partial charge in [-0.05, 0) is 18.4 Å². The van der Waals surface area contributed by atoms with E-state index in [4.69, 9.17) is 11.5 Å². The number of benzene rings is 1. The quantitative estimate of drug-likeness (QED) is 0.299. The van der Waals surface area contributed by atoms with Crippen LogP contribution in [0.15, 0.2) is 46.9 Å². The molecular weight excluding hydrogens is 322 g/mol. The third-order valence-electron chi connectivity index (χ3n) is 3.35. The second-order valence-electron chi connectivity index (χ2n) is 5.21. The number of anilines is 1. The van der Waals surface area contributed by atoms with Crippen molar-refractivity contribution < 1.29 is 0 Å². The maximum Gasteiger partial charge on any atom is 0.212 e. The number of aromatic amines is 1. The second kappa shape index (κ2) is 7.60. The Kier molecular flexibility index (Phi) is 5.07. The molecule has 0 atom stereocenters. The van der Waals surface area contributed by atoms with Gasteiger partial charge in [-0.3, -0.25) is 0 Å². The Hall–Kier alpha value is -2.87. The summed E-state index contributed by atoms with van der Waals surface area (Å²) in [7, 11) is 0. The number of nitrogens with zero attached hydrogens (tertiary/aromatic N) is 3. The van der Waals surface area contributed by atoms with Crippen molar-refractivity contribution in [3.63, 3.8) is 0 Å². The predicted octanol–water partition coefficient (Wildman–Crippen LogP) is 2.48. The summed E-state index contributed by atoms with van der Waals surface area (Å²) in [5.74, 6) is 0.732. The Labute approximate surface area is 143 Å². The summed E-state index contributed by atoms with van der Waals surface area (Å²) in [4.78, 5) is 15.8. The molecule has 1 aromatic carbocycles. The summed E-state index contributed by atoms with van der Waals surface area (Å²) in [5.41, 5.74) is 13.6. The topological polar surface area (TPSA) is 118 Å². The monoisotopic (exact) mass is 341 g/mol. The van der Waals surface area contributed by atoms with E-state index in [9.17, 15) is 0 Å². The van der Waals surface area contributed by atoms with Crippen LogP contribution in [0.1, 0.15) is 12.0 Å². The number of nitrogens with two attached hydrogens (primary N) is 2. The average Bonchev–Trinajstić information content (AvgIpc) is 3.21. The summed E-state index contributed by atoms with van der Waals surface area (Å²) in [5, 5.41) is 5.69. The first-order valence-corrected chi connectivity index (χ1v) is 8.47. The van der Waals surface area contributed by atoms with Crippen molar-refractivity contribution in [2.24, 2.45) is 16.5 Å². The molecule has 0 saturated heterocycles. The fourth-order valence-electron chi connectivity index (χ4n) is 2.23. The number of hydrogen-bond donors (Lipinski definition) is 4. The second-order valence-corrected chi connectivity index (χ2v) is 6.05. The molecule has 24 heavy (non-hydrogen) atoms. The molecule has 0 aliphatic carbocycles. The summed E-state index contributed by atoms with van der Waals surface area (Å²) < 4.78 is 0. The van der Waals surface area contributed by atoms with Gasteiger partial charge in [-0.25, -0.2) is 9.97 Å². The summed E-state index contributed by atoms with van der Waals surface area (Å²) in [6.07, 6.45) is 3.81. The Morgan fingerprint density at radius 2 is 2.08 bits per heavy atom. The van der Waals surface area contributed by atoms with Gasteiger partial charge >= 0.3 is 0 Å². The van der Waals surface area contributed by atoms with Crippen LogP contribution in [-0.2, 0) is 6.42 Å². The van der Waals surface area contributed by atoms with E-state index in [-0.39, 0.29) is 5.96 Å². The number of rotatable bonds is 7. The smallest absolute Gasteiger partial charge is 0.212 e. The van der Waals surface area contributed by atoms with E-state index in [0.29, 0.717) is 5.13 Å². The Balaban J connectivity index is 1.52. The van der Waals surface area contributed by atoms with Gasteiger partial charge in [0.05, 0.1) is 11.9 Å². The molecule has 124 valence electrons. The first kappa shape index (κ1) is 16.0. The molecule has 2 aromatic heterocycles. The molecule has 0 amide bonds. The van der Waals surface area contributed by atoms with Crippen molar-refractivity contribution in [1.29, 1.82) is 0 Å². The molecular formula is C16H19N7S. The van der Waals surface area contributed by atoms with Crippen LogP contribution in [-0.4, -0.2) is 27.5 Å². The molecule has 7 nitrogen and oxygen atoms in total. The van der Waals surface area contributed by atoms with Gasteiger partial charge in [-0.2, -0.15) is 4.99 Å². The van der Waals surface area contributed by atoms with Gasteiger partial charge in [0, 0.05) is 11.9 Å². The van der Waals surface area contributed by atoms with Crippen molar-refractivity contribution in [2.75, 3.05) is 11.9 Å². The minimum atomic E-state index is 0.00119. The van der Waals surface area contributed by atoms with E-state index in [2.05, 4.69) is 49.5 Å². The first-order valence-electron chi connectivity index (χ1n) is 7.59. The van der Waals surface area contributed by atoms with Crippen LogP contribution in [0.4, 0.5) is 11.1 Å². The number of nitrogens with one attached hydrogen (secondary N) is 2. The minimum absolute atomic E-state index is 0.00119. The van der Waals surface area contributed by atoms with Gasteiger partial charge in [0.15, 0.2) is 5.96 Å².